The van der Waals surface area contributed by atoms with E-state index in [1.165, 1.54) is 0 Å². The Morgan fingerprint density at radius 3 is 2.38 bits per heavy atom. The topological polar surface area (TPSA) is 32.3 Å². The van der Waals surface area contributed by atoms with E-state index in [0.29, 0.717) is 12.6 Å². The van der Waals surface area contributed by atoms with Gasteiger partial charge < -0.3 is 10.4 Å². The number of hydrogen-bond donors (Lipinski definition) is 2. The lowest BCUT2D eigenvalue weighted by Crippen LogP contribution is -2.26. The van der Waals surface area contributed by atoms with E-state index in [9.17, 15) is 13.2 Å². The molecule has 0 saturated heterocycles. The van der Waals surface area contributed by atoms with Gasteiger partial charge in [-0.15, -0.1) is 0 Å². The maximum Gasteiger partial charge on any atom is 0.161 e. The van der Waals surface area contributed by atoms with E-state index >= 15 is 0 Å². The molecule has 0 aliphatic heterocycles. The first-order valence-electron chi connectivity index (χ1n) is 5.08. The molecule has 0 bridgehead atoms. The zero-order valence-corrected chi connectivity index (χ0v) is 8.93. The summed E-state index contributed by atoms with van der Waals surface area (Å²) in [6.45, 7) is 2.09. The van der Waals surface area contributed by atoms with Crippen LogP contribution in [0.15, 0.2) is 12.1 Å². The Kier molecular flexibility index (Phi) is 4.76. The molecule has 0 heterocycles. The van der Waals surface area contributed by atoms with E-state index in [1.807, 2.05) is 6.92 Å². The smallest absolute Gasteiger partial charge is 0.161 e. The van der Waals surface area contributed by atoms with Gasteiger partial charge in [0, 0.05) is 11.6 Å². The lowest BCUT2D eigenvalue weighted by atomic mass is 10.1. The van der Waals surface area contributed by atoms with Crippen LogP contribution in [0.25, 0.3) is 0 Å². The van der Waals surface area contributed by atoms with Crippen LogP contribution in [-0.4, -0.2) is 18.3 Å². The standard InChI is InChI=1S/C11H14F3NO/c1-2-3-15-11(6-16)7-4-9(13)10(14)5-8(7)12/h4-5,11,15-16H,2-3,6H2,1H3. The second kappa shape index (κ2) is 5.86. The Hall–Kier alpha value is -1.07. The van der Waals surface area contributed by atoms with Crippen molar-refractivity contribution in [1.82, 2.24) is 5.32 Å². The second-order valence-corrected chi connectivity index (χ2v) is 3.48. The fourth-order valence-corrected chi connectivity index (χ4v) is 1.40. The molecule has 5 heteroatoms. The van der Waals surface area contributed by atoms with E-state index in [1.54, 1.807) is 0 Å². The minimum Gasteiger partial charge on any atom is -0.394 e. The molecule has 0 fully saturated rings. The van der Waals surface area contributed by atoms with Crippen molar-refractivity contribution in [3.05, 3.63) is 35.1 Å². The SMILES string of the molecule is CCCNC(CO)c1cc(F)c(F)cc1F. The van der Waals surface area contributed by atoms with E-state index in [2.05, 4.69) is 5.32 Å². The number of halogens is 3. The van der Waals surface area contributed by atoms with Crippen LogP contribution in [0.5, 0.6) is 0 Å². The predicted molar refractivity (Wildman–Crippen MR) is 54.4 cm³/mol. The molecule has 2 nitrogen and oxygen atoms in total. The van der Waals surface area contributed by atoms with Crippen LogP contribution in [0.1, 0.15) is 24.9 Å². The molecule has 90 valence electrons. The van der Waals surface area contributed by atoms with Gasteiger partial charge in [-0.1, -0.05) is 6.92 Å². The first-order chi connectivity index (χ1) is 7.60. The fraction of sp³-hybridized carbons (Fsp3) is 0.455. The van der Waals surface area contributed by atoms with Crippen LogP contribution in [0.4, 0.5) is 13.2 Å². The first-order valence-corrected chi connectivity index (χ1v) is 5.08. The number of aliphatic hydroxyl groups is 1. The Morgan fingerprint density at radius 1 is 1.19 bits per heavy atom. The molecular formula is C11H14F3NO. The predicted octanol–water partition coefficient (Wildman–Crippen LogP) is 2.14. The van der Waals surface area contributed by atoms with E-state index in [-0.39, 0.29) is 12.2 Å². The molecule has 0 aliphatic rings. The van der Waals surface area contributed by atoms with Crippen LogP contribution in [0, 0.1) is 17.5 Å². The van der Waals surface area contributed by atoms with Crippen molar-refractivity contribution in [3.63, 3.8) is 0 Å². The van der Waals surface area contributed by atoms with Crippen molar-refractivity contribution in [2.75, 3.05) is 13.2 Å². The first kappa shape index (κ1) is 13.0. The van der Waals surface area contributed by atoms with Gasteiger partial charge in [0.15, 0.2) is 11.6 Å². The highest BCUT2D eigenvalue weighted by Crippen LogP contribution is 2.20. The maximum atomic E-state index is 13.3. The van der Waals surface area contributed by atoms with Crippen LogP contribution >= 0.6 is 0 Å². The Labute approximate surface area is 92.1 Å². The van der Waals surface area contributed by atoms with Gasteiger partial charge in [0.05, 0.1) is 12.6 Å². The number of nitrogens with one attached hydrogen (secondary N) is 1. The van der Waals surface area contributed by atoms with Gasteiger partial charge in [-0.3, -0.25) is 0 Å². The highest BCUT2D eigenvalue weighted by atomic mass is 19.2. The number of rotatable bonds is 5. The summed E-state index contributed by atoms with van der Waals surface area (Å²) < 4.78 is 38.9. The van der Waals surface area contributed by atoms with Crippen LogP contribution in [0.2, 0.25) is 0 Å². The molecule has 0 amide bonds. The minimum atomic E-state index is -1.23. The molecule has 0 saturated carbocycles. The fourth-order valence-electron chi connectivity index (χ4n) is 1.40. The van der Waals surface area contributed by atoms with E-state index in [0.717, 1.165) is 12.5 Å². The van der Waals surface area contributed by atoms with Gasteiger partial charge in [-0.05, 0) is 19.0 Å². The summed E-state index contributed by atoms with van der Waals surface area (Å²) in [5.41, 5.74) is -0.0603. The zero-order valence-electron chi connectivity index (χ0n) is 8.93. The van der Waals surface area contributed by atoms with Crippen molar-refractivity contribution in [1.29, 1.82) is 0 Å². The molecule has 1 unspecified atom stereocenters. The molecule has 0 aliphatic carbocycles. The van der Waals surface area contributed by atoms with Crippen LogP contribution < -0.4 is 5.32 Å². The maximum absolute atomic E-state index is 13.3. The van der Waals surface area contributed by atoms with Gasteiger partial charge in [0.2, 0.25) is 0 Å². The molecule has 1 aromatic rings. The normalized spacial score (nSPS) is 12.8. The third-order valence-corrected chi connectivity index (χ3v) is 2.24. The van der Waals surface area contributed by atoms with Crippen LogP contribution in [-0.2, 0) is 0 Å². The summed E-state index contributed by atoms with van der Waals surface area (Å²) in [5, 5.41) is 11.9. The van der Waals surface area contributed by atoms with E-state index in [4.69, 9.17) is 5.11 Å². The third-order valence-electron chi connectivity index (χ3n) is 2.24. The lowest BCUT2D eigenvalue weighted by molar-refractivity contribution is 0.241. The van der Waals surface area contributed by atoms with Crippen molar-refractivity contribution in [3.8, 4) is 0 Å². The number of hydrogen-bond acceptors (Lipinski definition) is 2. The monoisotopic (exact) mass is 233 g/mol. The average molecular weight is 233 g/mol. The van der Waals surface area contributed by atoms with Crippen molar-refractivity contribution >= 4 is 0 Å². The number of benzene rings is 1. The molecule has 1 rings (SSSR count). The van der Waals surface area contributed by atoms with Crippen molar-refractivity contribution < 1.29 is 18.3 Å². The summed E-state index contributed by atoms with van der Waals surface area (Å²) in [6, 6.07) is 0.546. The summed E-state index contributed by atoms with van der Waals surface area (Å²) in [5.74, 6) is -3.21. The molecule has 2 N–H and O–H groups in total. The highest BCUT2D eigenvalue weighted by Gasteiger charge is 2.17. The minimum absolute atomic E-state index is 0.0603. The van der Waals surface area contributed by atoms with Crippen molar-refractivity contribution in [2.45, 2.75) is 19.4 Å². The molecule has 0 spiro atoms. The average Bonchev–Trinajstić information content (AvgIpc) is 2.26. The van der Waals surface area contributed by atoms with Gasteiger partial charge in [0.1, 0.15) is 5.82 Å². The molecule has 0 radical (unpaired) electrons. The quantitative estimate of drug-likeness (QED) is 0.764. The summed E-state index contributed by atoms with van der Waals surface area (Å²) in [7, 11) is 0. The largest absolute Gasteiger partial charge is 0.394 e. The third kappa shape index (κ3) is 2.96. The van der Waals surface area contributed by atoms with Gasteiger partial charge >= 0.3 is 0 Å². The lowest BCUT2D eigenvalue weighted by Gasteiger charge is -2.17. The summed E-state index contributed by atoms with van der Waals surface area (Å²) >= 11 is 0. The molecule has 1 aromatic carbocycles. The summed E-state index contributed by atoms with van der Waals surface area (Å²) in [4.78, 5) is 0. The highest BCUT2D eigenvalue weighted by molar-refractivity contribution is 5.23. The Balaban J connectivity index is 2.95. The summed E-state index contributed by atoms with van der Waals surface area (Å²) in [6.07, 6.45) is 0.793. The Morgan fingerprint density at radius 2 is 1.81 bits per heavy atom. The molecule has 1 atom stereocenters. The van der Waals surface area contributed by atoms with Gasteiger partial charge in [-0.2, -0.15) is 0 Å². The second-order valence-electron chi connectivity index (χ2n) is 3.48. The molecule has 16 heavy (non-hydrogen) atoms. The van der Waals surface area contributed by atoms with Crippen molar-refractivity contribution in [2.24, 2.45) is 0 Å². The van der Waals surface area contributed by atoms with Gasteiger partial charge in [0.25, 0.3) is 0 Å². The Bertz CT molecular complexity index is 357. The van der Waals surface area contributed by atoms with Gasteiger partial charge in [-0.25, -0.2) is 13.2 Å². The zero-order chi connectivity index (χ0) is 12.1. The van der Waals surface area contributed by atoms with E-state index < -0.39 is 23.5 Å². The molecule has 0 aromatic heterocycles. The van der Waals surface area contributed by atoms with Crippen LogP contribution in [0.3, 0.4) is 0 Å². The molecular weight excluding hydrogens is 219 g/mol. The number of aliphatic hydroxyl groups excluding tert-OH is 1.